The lowest BCUT2D eigenvalue weighted by atomic mass is 10.2. The summed E-state index contributed by atoms with van der Waals surface area (Å²) in [6.07, 6.45) is 4.19. The van der Waals surface area contributed by atoms with E-state index in [9.17, 15) is 4.79 Å². The van der Waals surface area contributed by atoms with E-state index in [1.807, 2.05) is 29.4 Å². The molecule has 4 nitrogen and oxygen atoms in total. The molecule has 1 aliphatic heterocycles. The van der Waals surface area contributed by atoms with Crippen LogP contribution in [0, 0.1) is 0 Å². The van der Waals surface area contributed by atoms with Crippen molar-refractivity contribution in [1.82, 2.24) is 14.8 Å². The molecule has 1 saturated heterocycles. The zero-order valence-corrected chi connectivity index (χ0v) is 11.4. The van der Waals surface area contributed by atoms with Gasteiger partial charge in [0.15, 0.2) is 0 Å². The van der Waals surface area contributed by atoms with Gasteiger partial charge in [0, 0.05) is 51.5 Å². The van der Waals surface area contributed by atoms with Crippen molar-refractivity contribution in [1.29, 1.82) is 0 Å². The van der Waals surface area contributed by atoms with Crippen LogP contribution in [0.3, 0.4) is 0 Å². The molecule has 0 aromatic carbocycles. The molecule has 1 aromatic heterocycles. The minimum atomic E-state index is 0.230. The van der Waals surface area contributed by atoms with Crippen LogP contribution in [-0.2, 0) is 11.3 Å². The summed E-state index contributed by atoms with van der Waals surface area (Å²) in [6, 6.07) is 4.08. The van der Waals surface area contributed by atoms with Gasteiger partial charge in [-0.2, -0.15) is 12.6 Å². The van der Waals surface area contributed by atoms with E-state index in [4.69, 9.17) is 0 Å². The van der Waals surface area contributed by atoms with Gasteiger partial charge >= 0.3 is 0 Å². The maximum absolute atomic E-state index is 11.7. The Kier molecular flexibility index (Phi) is 5.01. The standard InChI is InChI=1S/C13H19N3OS/c17-13(3-10-18)16-8-6-15(7-9-16)11-12-1-4-14-5-2-12/h1-2,4-5,18H,3,6-11H2. The molecule has 5 heteroatoms. The van der Waals surface area contributed by atoms with E-state index in [-0.39, 0.29) is 5.91 Å². The van der Waals surface area contributed by atoms with Crippen LogP contribution >= 0.6 is 12.6 Å². The van der Waals surface area contributed by atoms with Crippen LogP contribution in [0.1, 0.15) is 12.0 Å². The van der Waals surface area contributed by atoms with Crippen molar-refractivity contribution >= 4 is 18.5 Å². The van der Waals surface area contributed by atoms with Gasteiger partial charge in [-0.3, -0.25) is 14.7 Å². The molecule has 2 rings (SSSR count). The number of pyridine rings is 1. The lowest BCUT2D eigenvalue weighted by Gasteiger charge is -2.34. The van der Waals surface area contributed by atoms with E-state index in [1.165, 1.54) is 5.56 Å². The molecule has 1 fully saturated rings. The molecule has 0 N–H and O–H groups in total. The highest BCUT2D eigenvalue weighted by molar-refractivity contribution is 7.80. The number of amides is 1. The van der Waals surface area contributed by atoms with Crippen molar-refractivity contribution < 1.29 is 4.79 Å². The van der Waals surface area contributed by atoms with Crippen molar-refractivity contribution in [3.05, 3.63) is 30.1 Å². The summed E-state index contributed by atoms with van der Waals surface area (Å²) >= 11 is 4.10. The second-order valence-corrected chi connectivity index (χ2v) is 4.93. The van der Waals surface area contributed by atoms with Crippen LogP contribution in [0.2, 0.25) is 0 Å². The Morgan fingerprint density at radius 1 is 1.22 bits per heavy atom. The molecule has 98 valence electrons. The molecule has 1 aromatic rings. The second-order valence-electron chi connectivity index (χ2n) is 4.49. The average molecular weight is 265 g/mol. The van der Waals surface area contributed by atoms with Gasteiger partial charge in [0.2, 0.25) is 5.91 Å². The highest BCUT2D eigenvalue weighted by Gasteiger charge is 2.20. The van der Waals surface area contributed by atoms with Crippen LogP contribution in [-0.4, -0.2) is 52.6 Å². The summed E-state index contributed by atoms with van der Waals surface area (Å²) in [5.41, 5.74) is 1.28. The molecule has 0 atom stereocenters. The third kappa shape index (κ3) is 3.71. The summed E-state index contributed by atoms with van der Waals surface area (Å²) < 4.78 is 0. The lowest BCUT2D eigenvalue weighted by molar-refractivity contribution is -0.132. The summed E-state index contributed by atoms with van der Waals surface area (Å²) in [7, 11) is 0. The number of rotatable bonds is 4. The largest absolute Gasteiger partial charge is 0.340 e. The molecule has 0 spiro atoms. The number of thiol groups is 1. The fourth-order valence-corrected chi connectivity index (χ4v) is 2.35. The maximum Gasteiger partial charge on any atom is 0.223 e. The quantitative estimate of drug-likeness (QED) is 0.827. The van der Waals surface area contributed by atoms with E-state index >= 15 is 0 Å². The maximum atomic E-state index is 11.7. The minimum absolute atomic E-state index is 0.230. The Morgan fingerprint density at radius 3 is 2.50 bits per heavy atom. The van der Waals surface area contributed by atoms with E-state index in [2.05, 4.69) is 22.5 Å². The van der Waals surface area contributed by atoms with E-state index in [0.29, 0.717) is 12.2 Å². The zero-order valence-electron chi connectivity index (χ0n) is 10.5. The van der Waals surface area contributed by atoms with Crippen molar-refractivity contribution in [2.75, 3.05) is 31.9 Å². The zero-order chi connectivity index (χ0) is 12.8. The van der Waals surface area contributed by atoms with Gasteiger partial charge in [0.05, 0.1) is 0 Å². The fraction of sp³-hybridized carbons (Fsp3) is 0.538. The average Bonchev–Trinajstić information content (AvgIpc) is 2.41. The van der Waals surface area contributed by atoms with Gasteiger partial charge in [-0.05, 0) is 23.4 Å². The number of carbonyl (C=O) groups is 1. The van der Waals surface area contributed by atoms with Gasteiger partial charge in [-0.25, -0.2) is 0 Å². The monoisotopic (exact) mass is 265 g/mol. The Labute approximate surface area is 113 Å². The predicted molar refractivity (Wildman–Crippen MR) is 74.6 cm³/mol. The normalized spacial score (nSPS) is 16.8. The Bertz CT molecular complexity index is 377. The smallest absolute Gasteiger partial charge is 0.223 e. The van der Waals surface area contributed by atoms with Crippen LogP contribution in [0.5, 0.6) is 0 Å². The number of aromatic nitrogens is 1. The second kappa shape index (κ2) is 6.75. The lowest BCUT2D eigenvalue weighted by Crippen LogP contribution is -2.48. The first-order chi connectivity index (χ1) is 8.79. The summed E-state index contributed by atoms with van der Waals surface area (Å²) in [5, 5.41) is 0. The fourth-order valence-electron chi connectivity index (χ4n) is 2.16. The van der Waals surface area contributed by atoms with E-state index in [1.54, 1.807) is 0 Å². The van der Waals surface area contributed by atoms with E-state index in [0.717, 1.165) is 32.7 Å². The number of piperazine rings is 1. The molecule has 0 aliphatic carbocycles. The SMILES string of the molecule is O=C(CCS)N1CCN(Cc2ccncc2)CC1. The van der Waals surface area contributed by atoms with Crippen molar-refractivity contribution in [3.63, 3.8) is 0 Å². The third-order valence-corrected chi connectivity index (χ3v) is 3.43. The highest BCUT2D eigenvalue weighted by Crippen LogP contribution is 2.08. The minimum Gasteiger partial charge on any atom is -0.340 e. The number of hydrogen-bond acceptors (Lipinski definition) is 4. The van der Waals surface area contributed by atoms with Crippen LogP contribution in [0.15, 0.2) is 24.5 Å². The van der Waals surface area contributed by atoms with Crippen molar-refractivity contribution in [2.45, 2.75) is 13.0 Å². The van der Waals surface area contributed by atoms with Gasteiger partial charge in [-0.15, -0.1) is 0 Å². The third-order valence-electron chi connectivity index (χ3n) is 3.21. The van der Waals surface area contributed by atoms with Crippen LogP contribution < -0.4 is 0 Å². The van der Waals surface area contributed by atoms with Gasteiger partial charge < -0.3 is 4.90 Å². The van der Waals surface area contributed by atoms with Crippen molar-refractivity contribution in [2.24, 2.45) is 0 Å². The highest BCUT2D eigenvalue weighted by atomic mass is 32.1. The van der Waals surface area contributed by atoms with Crippen LogP contribution in [0.25, 0.3) is 0 Å². The number of hydrogen-bond donors (Lipinski definition) is 1. The molecule has 2 heterocycles. The Morgan fingerprint density at radius 2 is 1.89 bits per heavy atom. The first kappa shape index (κ1) is 13.4. The van der Waals surface area contributed by atoms with E-state index < -0.39 is 0 Å². The number of nitrogens with zero attached hydrogens (tertiary/aromatic N) is 3. The molecule has 1 amide bonds. The molecular weight excluding hydrogens is 246 g/mol. The van der Waals surface area contributed by atoms with Gasteiger partial charge in [0.25, 0.3) is 0 Å². The molecule has 0 unspecified atom stereocenters. The summed E-state index contributed by atoms with van der Waals surface area (Å²) in [5.74, 6) is 0.865. The Hall–Kier alpha value is -1.07. The molecule has 0 radical (unpaired) electrons. The Balaban J connectivity index is 1.78. The van der Waals surface area contributed by atoms with Gasteiger partial charge in [0.1, 0.15) is 0 Å². The summed E-state index contributed by atoms with van der Waals surface area (Å²) in [4.78, 5) is 20.0. The first-order valence-corrected chi connectivity index (χ1v) is 6.93. The topological polar surface area (TPSA) is 36.4 Å². The predicted octanol–water partition coefficient (Wildman–Crippen LogP) is 1.05. The van der Waals surface area contributed by atoms with Crippen molar-refractivity contribution in [3.8, 4) is 0 Å². The molecular formula is C13H19N3OS. The van der Waals surface area contributed by atoms with Gasteiger partial charge in [-0.1, -0.05) is 0 Å². The molecule has 1 aliphatic rings. The summed E-state index contributed by atoms with van der Waals surface area (Å²) in [6.45, 7) is 4.49. The molecule has 0 saturated carbocycles. The first-order valence-electron chi connectivity index (χ1n) is 6.29. The molecule has 18 heavy (non-hydrogen) atoms. The molecule has 0 bridgehead atoms. The van der Waals surface area contributed by atoms with Crippen LogP contribution in [0.4, 0.5) is 0 Å². The number of carbonyl (C=O) groups excluding carboxylic acids is 1.